The minimum atomic E-state index is -0.128. The van der Waals surface area contributed by atoms with Crippen molar-refractivity contribution < 1.29 is 4.79 Å². The van der Waals surface area contributed by atoms with E-state index in [4.69, 9.17) is 5.26 Å². The molecule has 168 valence electrons. The molecule has 1 saturated heterocycles. The molecular weight excluding hydrogens is 398 g/mol. The Labute approximate surface area is 191 Å². The summed E-state index contributed by atoms with van der Waals surface area (Å²) in [5.41, 5.74) is 3.82. The number of nitrogens with one attached hydrogen (secondary N) is 3. The fourth-order valence-electron chi connectivity index (χ4n) is 4.96. The van der Waals surface area contributed by atoms with Crippen molar-refractivity contribution in [3.63, 3.8) is 0 Å². The average molecular weight is 432 g/mol. The smallest absolute Gasteiger partial charge is 0.319 e. The molecule has 2 aromatic carbocycles. The number of nitriles is 1. The fraction of sp³-hybridized carbons (Fsp3) is 0.462. The number of carbonyl (C=O) groups is 1. The van der Waals surface area contributed by atoms with Gasteiger partial charge in [0.15, 0.2) is 0 Å². The number of urea groups is 1. The van der Waals surface area contributed by atoms with Crippen molar-refractivity contribution in [2.75, 3.05) is 23.3 Å². The third kappa shape index (κ3) is 5.80. The summed E-state index contributed by atoms with van der Waals surface area (Å²) in [6.07, 6.45) is 6.71. The minimum Gasteiger partial charge on any atom is -0.370 e. The lowest BCUT2D eigenvalue weighted by atomic mass is 9.89. The van der Waals surface area contributed by atoms with Crippen LogP contribution in [0.25, 0.3) is 0 Å². The molecule has 6 heteroatoms. The number of nitrogens with zero attached hydrogens (tertiary/aromatic N) is 2. The minimum absolute atomic E-state index is 0.128. The molecule has 3 N–H and O–H groups in total. The Morgan fingerprint density at radius 3 is 2.56 bits per heavy atom. The SMILES string of the molecule is Cc1cccc(NC(=O)N[C@@H]2CCCC[C@H]2N[C@H]2CCCN(c3ccc(C#N)cc3)C2)c1. The molecule has 1 heterocycles. The van der Waals surface area contributed by atoms with E-state index in [9.17, 15) is 4.79 Å². The Balaban J connectivity index is 1.34. The lowest BCUT2D eigenvalue weighted by molar-refractivity contribution is 0.226. The molecular formula is C26H33N5O. The van der Waals surface area contributed by atoms with Crippen LogP contribution in [-0.4, -0.2) is 37.2 Å². The van der Waals surface area contributed by atoms with Crippen molar-refractivity contribution >= 4 is 17.4 Å². The van der Waals surface area contributed by atoms with E-state index in [1.165, 1.54) is 12.1 Å². The van der Waals surface area contributed by atoms with Crippen LogP contribution < -0.4 is 20.9 Å². The number of piperidine rings is 1. The molecule has 0 radical (unpaired) electrons. The first-order chi connectivity index (χ1) is 15.6. The van der Waals surface area contributed by atoms with Crippen molar-refractivity contribution in [1.29, 1.82) is 5.26 Å². The van der Waals surface area contributed by atoms with Crippen molar-refractivity contribution in [2.24, 2.45) is 0 Å². The number of hydrogen-bond acceptors (Lipinski definition) is 4. The van der Waals surface area contributed by atoms with Crippen LogP contribution in [0.1, 0.15) is 49.7 Å². The molecule has 1 saturated carbocycles. The van der Waals surface area contributed by atoms with Crippen LogP contribution in [-0.2, 0) is 0 Å². The van der Waals surface area contributed by atoms with Crippen molar-refractivity contribution in [1.82, 2.24) is 10.6 Å². The lowest BCUT2D eigenvalue weighted by Crippen LogP contribution is -2.57. The zero-order chi connectivity index (χ0) is 22.3. The standard InChI is InChI=1S/C26H33N5O/c1-19-6-4-7-21(16-19)29-26(32)30-25-10-3-2-9-24(25)28-22-8-5-15-31(18-22)23-13-11-20(17-27)12-14-23/h4,6-7,11-14,16,22,24-25,28H,2-3,5,8-10,15,18H2,1H3,(H2,29,30,32)/t22-,24+,25+/m0/s1. The summed E-state index contributed by atoms with van der Waals surface area (Å²) >= 11 is 0. The topological polar surface area (TPSA) is 80.2 Å². The first-order valence-electron chi connectivity index (χ1n) is 11.8. The second kappa shape index (κ2) is 10.5. The highest BCUT2D eigenvalue weighted by atomic mass is 16.2. The monoisotopic (exact) mass is 431 g/mol. The summed E-state index contributed by atoms with van der Waals surface area (Å²) in [4.78, 5) is 15.0. The quantitative estimate of drug-likeness (QED) is 0.648. The number of hydrogen-bond donors (Lipinski definition) is 3. The van der Waals surface area contributed by atoms with Crippen LogP contribution in [0.5, 0.6) is 0 Å². The normalized spacial score (nSPS) is 23.2. The molecule has 0 spiro atoms. The predicted molar refractivity (Wildman–Crippen MR) is 129 cm³/mol. The van der Waals surface area contributed by atoms with Crippen molar-refractivity contribution in [3.05, 3.63) is 59.7 Å². The lowest BCUT2D eigenvalue weighted by Gasteiger charge is -2.40. The third-order valence-corrected chi connectivity index (χ3v) is 6.59. The first kappa shape index (κ1) is 22.2. The van der Waals surface area contributed by atoms with Crippen LogP contribution in [0.4, 0.5) is 16.2 Å². The molecule has 0 aromatic heterocycles. The van der Waals surface area contributed by atoms with Gasteiger partial charge in [-0.25, -0.2) is 4.79 Å². The maximum Gasteiger partial charge on any atom is 0.319 e. The van der Waals surface area contributed by atoms with Crippen molar-refractivity contribution in [2.45, 2.75) is 63.6 Å². The Bertz CT molecular complexity index is 951. The summed E-state index contributed by atoms with van der Waals surface area (Å²) < 4.78 is 0. The van der Waals surface area contributed by atoms with Gasteiger partial charge < -0.3 is 20.9 Å². The van der Waals surface area contributed by atoms with Gasteiger partial charge >= 0.3 is 6.03 Å². The van der Waals surface area contributed by atoms with Crippen LogP contribution in [0, 0.1) is 18.3 Å². The van der Waals surface area contributed by atoms with Gasteiger partial charge in [-0.2, -0.15) is 5.26 Å². The van der Waals surface area contributed by atoms with E-state index < -0.39 is 0 Å². The second-order valence-electron chi connectivity index (χ2n) is 9.08. The van der Waals surface area contributed by atoms with E-state index in [-0.39, 0.29) is 18.1 Å². The summed E-state index contributed by atoms with van der Waals surface area (Å²) in [6, 6.07) is 18.6. The Morgan fingerprint density at radius 1 is 1.03 bits per heavy atom. The third-order valence-electron chi connectivity index (χ3n) is 6.59. The molecule has 2 fully saturated rings. The molecule has 4 rings (SSSR count). The molecule has 2 aromatic rings. The molecule has 2 amide bonds. The predicted octanol–water partition coefficient (Wildman–Crippen LogP) is 4.56. The van der Waals surface area contributed by atoms with Crippen molar-refractivity contribution in [3.8, 4) is 6.07 Å². The molecule has 0 bridgehead atoms. The molecule has 2 aliphatic rings. The zero-order valence-electron chi connectivity index (χ0n) is 18.8. The highest BCUT2D eigenvalue weighted by Crippen LogP contribution is 2.24. The average Bonchev–Trinajstić information content (AvgIpc) is 2.80. The molecule has 3 atom stereocenters. The molecule has 1 aliphatic carbocycles. The van der Waals surface area contributed by atoms with Gasteiger partial charge in [-0.3, -0.25) is 0 Å². The van der Waals surface area contributed by atoms with E-state index in [1.54, 1.807) is 0 Å². The fourth-order valence-corrected chi connectivity index (χ4v) is 4.96. The first-order valence-corrected chi connectivity index (χ1v) is 11.8. The Morgan fingerprint density at radius 2 is 1.81 bits per heavy atom. The highest BCUT2D eigenvalue weighted by molar-refractivity contribution is 5.89. The van der Waals surface area contributed by atoms with Gasteiger partial charge in [-0.05, 0) is 74.6 Å². The molecule has 32 heavy (non-hydrogen) atoms. The number of anilines is 2. The van der Waals surface area contributed by atoms with Gasteiger partial charge in [-0.15, -0.1) is 0 Å². The van der Waals surface area contributed by atoms with Crippen LogP contribution >= 0.6 is 0 Å². The zero-order valence-corrected chi connectivity index (χ0v) is 18.8. The summed E-state index contributed by atoms with van der Waals surface area (Å²) in [5, 5.41) is 19.1. The Hall–Kier alpha value is -3.04. The van der Waals surface area contributed by atoms with Gasteiger partial charge in [0.1, 0.15) is 0 Å². The van der Waals surface area contributed by atoms with Crippen LogP contribution in [0.15, 0.2) is 48.5 Å². The van der Waals surface area contributed by atoms with Gasteiger partial charge in [0.05, 0.1) is 11.6 Å². The number of carbonyl (C=O) groups excluding carboxylic acids is 1. The number of benzene rings is 2. The largest absolute Gasteiger partial charge is 0.370 e. The second-order valence-corrected chi connectivity index (χ2v) is 9.08. The number of amides is 2. The molecule has 1 aliphatic heterocycles. The number of aryl methyl sites for hydroxylation is 1. The van der Waals surface area contributed by atoms with E-state index in [0.29, 0.717) is 11.6 Å². The number of rotatable bonds is 5. The maximum atomic E-state index is 12.6. The summed E-state index contributed by atoms with van der Waals surface area (Å²) in [5.74, 6) is 0. The van der Waals surface area contributed by atoms with Gasteiger partial charge in [-0.1, -0.05) is 25.0 Å². The maximum absolute atomic E-state index is 12.6. The van der Waals surface area contributed by atoms with Crippen LogP contribution in [0.2, 0.25) is 0 Å². The van der Waals surface area contributed by atoms with E-state index in [1.807, 2.05) is 55.5 Å². The Kier molecular flexibility index (Phi) is 7.28. The highest BCUT2D eigenvalue weighted by Gasteiger charge is 2.30. The molecule has 0 unspecified atom stereocenters. The van der Waals surface area contributed by atoms with E-state index in [0.717, 1.165) is 56.4 Å². The van der Waals surface area contributed by atoms with Gasteiger partial charge in [0.2, 0.25) is 0 Å². The van der Waals surface area contributed by atoms with E-state index in [2.05, 4.69) is 26.9 Å². The van der Waals surface area contributed by atoms with Gasteiger partial charge in [0.25, 0.3) is 0 Å². The molecule has 6 nitrogen and oxygen atoms in total. The van der Waals surface area contributed by atoms with E-state index >= 15 is 0 Å². The van der Waals surface area contributed by atoms with Gasteiger partial charge in [0, 0.05) is 42.6 Å². The van der Waals surface area contributed by atoms with Crippen LogP contribution in [0.3, 0.4) is 0 Å². The summed E-state index contributed by atoms with van der Waals surface area (Å²) in [6.45, 7) is 4.01. The summed E-state index contributed by atoms with van der Waals surface area (Å²) in [7, 11) is 0.